The molecule has 1 aliphatic rings. The van der Waals surface area contributed by atoms with E-state index in [1.807, 2.05) is 30.3 Å². The van der Waals surface area contributed by atoms with Crippen molar-refractivity contribution in [2.45, 2.75) is 90.9 Å². The molecule has 1 saturated carbocycles. The van der Waals surface area contributed by atoms with Crippen LogP contribution in [0.3, 0.4) is 0 Å². The van der Waals surface area contributed by atoms with Crippen LogP contribution in [-0.2, 0) is 12.8 Å². The van der Waals surface area contributed by atoms with Gasteiger partial charge in [-0.15, -0.1) is 0 Å². The molecule has 35 heavy (non-hydrogen) atoms. The smallest absolute Gasteiger partial charge is 0.146 e. The summed E-state index contributed by atoms with van der Waals surface area (Å²) in [6.07, 6.45) is 15.8. The van der Waals surface area contributed by atoms with Gasteiger partial charge in [-0.3, -0.25) is 0 Å². The van der Waals surface area contributed by atoms with Crippen LogP contribution in [0.2, 0.25) is 0 Å². The molecule has 3 aromatic rings. The highest BCUT2D eigenvalue weighted by Gasteiger charge is 2.20. The quantitative estimate of drug-likeness (QED) is 0.216. The molecule has 1 aliphatic carbocycles. The maximum Gasteiger partial charge on any atom is 0.146 e. The van der Waals surface area contributed by atoms with Crippen LogP contribution in [0, 0.1) is 29.5 Å². The summed E-state index contributed by atoms with van der Waals surface area (Å²) in [5, 5.41) is 1.65. The third kappa shape index (κ3) is 7.20. The predicted molar refractivity (Wildman–Crippen MR) is 148 cm³/mol. The van der Waals surface area contributed by atoms with Gasteiger partial charge in [-0.2, -0.15) is 0 Å². The lowest BCUT2D eigenvalue weighted by Crippen LogP contribution is -2.15. The first-order valence-electron chi connectivity index (χ1n) is 14.0. The molecule has 0 N–H and O–H groups in total. The molecule has 0 aliphatic heterocycles. The van der Waals surface area contributed by atoms with Crippen LogP contribution >= 0.6 is 0 Å². The normalized spacial score (nSPS) is 17.8. The van der Waals surface area contributed by atoms with Gasteiger partial charge in [-0.1, -0.05) is 120 Å². The summed E-state index contributed by atoms with van der Waals surface area (Å²) in [5.74, 6) is 7.81. The first kappa shape index (κ1) is 25.5. The molecule has 0 radical (unpaired) electrons. The second kappa shape index (κ2) is 12.9. The summed E-state index contributed by atoms with van der Waals surface area (Å²) in [4.78, 5) is 0. The number of aryl methyl sites for hydroxylation is 2. The molecule has 0 atom stereocenters. The zero-order valence-corrected chi connectivity index (χ0v) is 21.7. The number of unbranched alkanes of at least 4 members (excludes halogenated alkanes) is 2. The molecular weight excluding hydrogens is 427 g/mol. The maximum absolute atomic E-state index is 15.2. The Balaban J connectivity index is 1.34. The van der Waals surface area contributed by atoms with E-state index in [0.29, 0.717) is 10.9 Å². The van der Waals surface area contributed by atoms with Crippen molar-refractivity contribution in [3.05, 3.63) is 82.7 Å². The monoisotopic (exact) mass is 468 g/mol. The Labute approximate surface area is 212 Å². The molecule has 0 heterocycles. The fraction of sp³-hybridized carbons (Fsp3) is 0.471. The highest BCUT2D eigenvalue weighted by Crippen LogP contribution is 2.34. The predicted octanol–water partition coefficient (Wildman–Crippen LogP) is 9.65. The van der Waals surface area contributed by atoms with Gasteiger partial charge in [0.15, 0.2) is 0 Å². The first-order chi connectivity index (χ1) is 17.2. The van der Waals surface area contributed by atoms with E-state index >= 15 is 4.39 Å². The minimum absolute atomic E-state index is 0.203. The number of rotatable bonds is 9. The van der Waals surface area contributed by atoms with E-state index in [0.717, 1.165) is 42.0 Å². The van der Waals surface area contributed by atoms with E-state index in [1.165, 1.54) is 68.9 Å². The van der Waals surface area contributed by atoms with Crippen molar-refractivity contribution < 1.29 is 4.39 Å². The molecule has 1 fully saturated rings. The lowest BCUT2D eigenvalue weighted by Gasteiger charge is -2.28. The van der Waals surface area contributed by atoms with Gasteiger partial charge in [0.1, 0.15) is 5.82 Å². The van der Waals surface area contributed by atoms with Crippen molar-refractivity contribution in [1.29, 1.82) is 0 Å². The second-order valence-electron chi connectivity index (χ2n) is 10.6. The van der Waals surface area contributed by atoms with Gasteiger partial charge in [0.05, 0.1) is 5.56 Å². The topological polar surface area (TPSA) is 0 Å². The molecule has 4 rings (SSSR count). The molecule has 1 heteroatoms. The number of hydrogen-bond acceptors (Lipinski definition) is 0. The van der Waals surface area contributed by atoms with Crippen molar-refractivity contribution in [1.82, 2.24) is 0 Å². The average molecular weight is 469 g/mol. The summed E-state index contributed by atoms with van der Waals surface area (Å²) in [6, 6.07) is 18.4. The van der Waals surface area contributed by atoms with Crippen molar-refractivity contribution >= 4 is 10.8 Å². The summed E-state index contributed by atoms with van der Waals surface area (Å²) in [5.41, 5.74) is 4.04. The number of fused-ring (bicyclic) bond motifs is 1. The number of halogens is 1. The molecule has 0 aromatic heterocycles. The molecule has 0 spiro atoms. The van der Waals surface area contributed by atoms with Crippen LogP contribution in [0.1, 0.15) is 100 Å². The Morgan fingerprint density at radius 2 is 1.43 bits per heavy atom. The van der Waals surface area contributed by atoms with Gasteiger partial charge >= 0.3 is 0 Å². The third-order valence-electron chi connectivity index (χ3n) is 7.88. The van der Waals surface area contributed by atoms with Crippen LogP contribution in [0.25, 0.3) is 10.8 Å². The Bertz CT molecular complexity index is 1140. The molecule has 184 valence electrons. The van der Waals surface area contributed by atoms with Gasteiger partial charge in [0.25, 0.3) is 0 Å². The second-order valence-corrected chi connectivity index (χ2v) is 10.6. The van der Waals surface area contributed by atoms with Gasteiger partial charge in [-0.25, -0.2) is 4.39 Å². The van der Waals surface area contributed by atoms with E-state index in [4.69, 9.17) is 0 Å². The van der Waals surface area contributed by atoms with Crippen LogP contribution in [-0.4, -0.2) is 0 Å². The third-order valence-corrected chi connectivity index (χ3v) is 7.88. The lowest BCUT2D eigenvalue weighted by molar-refractivity contribution is 0.249. The van der Waals surface area contributed by atoms with E-state index in [1.54, 1.807) is 0 Å². The van der Waals surface area contributed by atoms with Crippen molar-refractivity contribution in [2.75, 3.05) is 0 Å². The average Bonchev–Trinajstić information content (AvgIpc) is 2.89. The van der Waals surface area contributed by atoms with Crippen molar-refractivity contribution in [2.24, 2.45) is 11.8 Å². The van der Waals surface area contributed by atoms with Gasteiger partial charge in [0, 0.05) is 10.9 Å². The van der Waals surface area contributed by atoms with Crippen LogP contribution in [0.5, 0.6) is 0 Å². The highest BCUT2D eigenvalue weighted by molar-refractivity contribution is 5.85. The van der Waals surface area contributed by atoms with E-state index < -0.39 is 0 Å². The number of benzene rings is 3. The van der Waals surface area contributed by atoms with Gasteiger partial charge < -0.3 is 0 Å². The largest absolute Gasteiger partial charge is 0.205 e. The van der Waals surface area contributed by atoms with Crippen molar-refractivity contribution in [3.8, 4) is 11.8 Å². The summed E-state index contributed by atoms with van der Waals surface area (Å²) < 4.78 is 15.2. The molecule has 0 nitrogen and oxygen atoms in total. The molecule has 0 amide bonds. The first-order valence-corrected chi connectivity index (χ1v) is 14.0. The minimum atomic E-state index is -0.203. The molecular formula is C34H41F. The summed E-state index contributed by atoms with van der Waals surface area (Å²) >= 11 is 0. The molecule has 0 unspecified atom stereocenters. The SMILES string of the molecule is CCCCCC1CCC(CCc2ccc3c(F)c(C#Cc4ccc(CCC)cc4)ccc3c2)CC1. The van der Waals surface area contributed by atoms with E-state index in [9.17, 15) is 0 Å². The Morgan fingerprint density at radius 3 is 2.14 bits per heavy atom. The van der Waals surface area contributed by atoms with Crippen LogP contribution in [0.4, 0.5) is 4.39 Å². The standard InChI is InChI=1S/C34H41F/c1-3-5-6-8-27-11-15-28(16-12-27)17-18-30-20-24-33-32(25-30)23-22-31(34(33)35)21-19-29-13-9-26(7-4-2)10-14-29/h9-10,13-14,20,22-25,27-28H,3-8,11-12,15-18H2,1-2H3. The van der Waals surface area contributed by atoms with E-state index in [-0.39, 0.29) is 5.82 Å². The fourth-order valence-electron chi connectivity index (χ4n) is 5.64. The minimum Gasteiger partial charge on any atom is -0.205 e. The molecule has 3 aromatic carbocycles. The van der Waals surface area contributed by atoms with Crippen LogP contribution < -0.4 is 0 Å². The van der Waals surface area contributed by atoms with E-state index in [2.05, 4.69) is 50.0 Å². The lowest BCUT2D eigenvalue weighted by atomic mass is 9.77. The Kier molecular flexibility index (Phi) is 9.42. The van der Waals surface area contributed by atoms with Gasteiger partial charge in [0.2, 0.25) is 0 Å². The van der Waals surface area contributed by atoms with Crippen LogP contribution in [0.15, 0.2) is 54.6 Å². The summed E-state index contributed by atoms with van der Waals surface area (Å²) in [7, 11) is 0. The fourth-order valence-corrected chi connectivity index (χ4v) is 5.64. The highest BCUT2D eigenvalue weighted by atomic mass is 19.1. The number of hydrogen-bond donors (Lipinski definition) is 0. The molecule has 0 saturated heterocycles. The van der Waals surface area contributed by atoms with Crippen molar-refractivity contribution in [3.63, 3.8) is 0 Å². The molecule has 0 bridgehead atoms. The zero-order chi connectivity index (χ0) is 24.5. The Hall–Kier alpha value is -2.59. The summed E-state index contributed by atoms with van der Waals surface area (Å²) in [6.45, 7) is 4.47. The maximum atomic E-state index is 15.2. The zero-order valence-electron chi connectivity index (χ0n) is 21.7. The Morgan fingerprint density at radius 1 is 0.714 bits per heavy atom. The van der Waals surface area contributed by atoms with Gasteiger partial charge in [-0.05, 0) is 65.8 Å².